The van der Waals surface area contributed by atoms with E-state index in [0.717, 1.165) is 25.7 Å². The number of ether oxygens (including phenoxy) is 1. The Balaban J connectivity index is 1.55. The van der Waals surface area contributed by atoms with Gasteiger partial charge in [0.2, 0.25) is 0 Å². The fraction of sp³-hybridized carbons (Fsp3) is 0.333. The molecule has 8 heteroatoms. The number of halogens is 3. The molecule has 0 spiro atoms. The Morgan fingerprint density at radius 3 is 2.47 bits per heavy atom. The largest absolute Gasteiger partial charge is 0.486 e. The van der Waals surface area contributed by atoms with E-state index in [1.165, 1.54) is 12.5 Å². The number of rotatable bonds is 5. The fourth-order valence-corrected chi connectivity index (χ4v) is 5.11. The molecule has 32 heavy (non-hydrogen) atoms. The van der Waals surface area contributed by atoms with E-state index < -0.39 is 0 Å². The Labute approximate surface area is 202 Å². The maximum Gasteiger partial charge on any atom is 0.277 e. The van der Waals surface area contributed by atoms with Crippen molar-refractivity contribution in [2.45, 2.75) is 44.8 Å². The molecule has 0 unspecified atom stereocenters. The molecule has 2 aliphatic rings. The third-order valence-corrected chi connectivity index (χ3v) is 6.92. The number of nitrogens with zero attached hydrogens (tertiary/aromatic N) is 2. The minimum absolute atomic E-state index is 0.00160. The summed E-state index contributed by atoms with van der Waals surface area (Å²) in [6.45, 7) is -0.00160. The van der Waals surface area contributed by atoms with Crippen LogP contribution < -0.4 is 4.74 Å². The van der Waals surface area contributed by atoms with Crippen molar-refractivity contribution in [3.8, 4) is 5.75 Å². The van der Waals surface area contributed by atoms with Crippen molar-refractivity contribution in [1.82, 2.24) is 9.80 Å². The number of carbonyl (C=O) groups is 1. The first-order valence-electron chi connectivity index (χ1n) is 10.5. The van der Waals surface area contributed by atoms with Gasteiger partial charge in [-0.25, -0.2) is 4.39 Å². The normalized spacial score (nSPS) is 18.7. The van der Waals surface area contributed by atoms with E-state index in [2.05, 4.69) is 0 Å². The third kappa shape index (κ3) is 4.63. The Bertz CT molecular complexity index is 1060. The van der Waals surface area contributed by atoms with Crippen molar-refractivity contribution in [2.24, 2.45) is 0 Å². The molecule has 0 N–H and O–H groups in total. The molecule has 1 saturated carbocycles. The van der Waals surface area contributed by atoms with Gasteiger partial charge in [0, 0.05) is 18.7 Å². The molecule has 2 fully saturated rings. The molecule has 1 aliphatic carbocycles. The molecule has 1 aliphatic heterocycles. The van der Waals surface area contributed by atoms with Crippen LogP contribution in [0.1, 0.15) is 43.2 Å². The average Bonchev–Trinajstić information content (AvgIpc) is 2.98. The van der Waals surface area contributed by atoms with Crippen molar-refractivity contribution < 1.29 is 13.9 Å². The summed E-state index contributed by atoms with van der Waals surface area (Å²) in [4.78, 5) is 16.6. The molecule has 1 amide bonds. The van der Waals surface area contributed by atoms with Crippen molar-refractivity contribution in [3.05, 3.63) is 69.1 Å². The van der Waals surface area contributed by atoms with Gasteiger partial charge < -0.3 is 9.64 Å². The van der Waals surface area contributed by atoms with E-state index in [4.69, 9.17) is 40.2 Å². The van der Waals surface area contributed by atoms with Gasteiger partial charge in [-0.3, -0.25) is 9.69 Å². The van der Waals surface area contributed by atoms with Crippen LogP contribution >= 0.6 is 35.4 Å². The predicted molar refractivity (Wildman–Crippen MR) is 129 cm³/mol. The minimum atomic E-state index is -0.359. The van der Waals surface area contributed by atoms with E-state index in [1.54, 1.807) is 53.3 Å². The van der Waals surface area contributed by atoms with Gasteiger partial charge in [0.25, 0.3) is 5.91 Å². The van der Waals surface area contributed by atoms with E-state index in [1.807, 2.05) is 0 Å². The number of thiocarbonyl (C=S) groups is 1. The highest BCUT2D eigenvalue weighted by molar-refractivity contribution is 7.80. The summed E-state index contributed by atoms with van der Waals surface area (Å²) < 4.78 is 19.5. The molecule has 2 aromatic carbocycles. The first-order chi connectivity index (χ1) is 15.4. The smallest absolute Gasteiger partial charge is 0.277 e. The molecule has 2 aromatic rings. The van der Waals surface area contributed by atoms with Crippen LogP contribution in [0, 0.1) is 5.82 Å². The highest BCUT2D eigenvalue weighted by Crippen LogP contribution is 2.37. The summed E-state index contributed by atoms with van der Waals surface area (Å²) in [6.07, 6.45) is 7.10. The summed E-state index contributed by atoms with van der Waals surface area (Å²) in [5.41, 5.74) is 1.54. The molecule has 0 atom stereocenters. The quantitative estimate of drug-likeness (QED) is 0.354. The molecule has 4 nitrogen and oxygen atoms in total. The van der Waals surface area contributed by atoms with Gasteiger partial charge >= 0.3 is 0 Å². The Kier molecular flexibility index (Phi) is 7.03. The number of amides is 1. The van der Waals surface area contributed by atoms with Crippen LogP contribution in [0.25, 0.3) is 6.08 Å². The second-order valence-corrected chi connectivity index (χ2v) is 9.21. The van der Waals surface area contributed by atoms with Crippen LogP contribution in [-0.4, -0.2) is 33.9 Å². The van der Waals surface area contributed by atoms with Crippen LogP contribution in [-0.2, 0) is 11.4 Å². The van der Waals surface area contributed by atoms with Crippen LogP contribution in [0.4, 0.5) is 4.39 Å². The van der Waals surface area contributed by atoms with Gasteiger partial charge in [-0.2, -0.15) is 0 Å². The second kappa shape index (κ2) is 9.77. The van der Waals surface area contributed by atoms with Gasteiger partial charge in [0.15, 0.2) is 10.9 Å². The lowest BCUT2D eigenvalue weighted by Gasteiger charge is -2.30. The van der Waals surface area contributed by atoms with Crippen molar-refractivity contribution in [2.75, 3.05) is 7.05 Å². The second-order valence-electron chi connectivity index (χ2n) is 8.03. The first-order valence-corrected chi connectivity index (χ1v) is 11.7. The first kappa shape index (κ1) is 23.0. The highest BCUT2D eigenvalue weighted by atomic mass is 35.5. The van der Waals surface area contributed by atoms with E-state index in [9.17, 15) is 9.18 Å². The molecule has 4 rings (SSSR count). The highest BCUT2D eigenvalue weighted by Gasteiger charge is 2.40. The minimum Gasteiger partial charge on any atom is -0.486 e. The summed E-state index contributed by atoms with van der Waals surface area (Å²) in [5, 5.41) is 1.08. The molecular formula is C24H23Cl2FN2O2S. The molecule has 0 aromatic heterocycles. The predicted octanol–water partition coefficient (Wildman–Crippen LogP) is 6.44. The fourth-order valence-electron chi connectivity index (χ4n) is 4.16. The monoisotopic (exact) mass is 492 g/mol. The zero-order chi connectivity index (χ0) is 22.8. The zero-order valence-corrected chi connectivity index (χ0v) is 19.9. The van der Waals surface area contributed by atoms with E-state index in [0.29, 0.717) is 21.9 Å². The molecular weight excluding hydrogens is 470 g/mol. The molecule has 0 radical (unpaired) electrons. The molecule has 1 saturated heterocycles. The summed E-state index contributed by atoms with van der Waals surface area (Å²) >= 11 is 18.4. The SMILES string of the molecule is CN1C(=S)N(C2CCCCC2)C(=O)/C1=C/c1cc(Cl)c(OCc2ccccc2F)c(Cl)c1. The Morgan fingerprint density at radius 2 is 1.81 bits per heavy atom. The topological polar surface area (TPSA) is 32.8 Å². The maximum absolute atomic E-state index is 13.9. The summed E-state index contributed by atoms with van der Waals surface area (Å²) in [6, 6.07) is 9.85. The number of hydrogen-bond donors (Lipinski definition) is 0. The summed E-state index contributed by atoms with van der Waals surface area (Å²) in [5.74, 6) is -0.192. The number of likely N-dealkylation sites (N-methyl/N-ethyl adjacent to an activating group) is 1. The van der Waals surface area contributed by atoms with Gasteiger partial charge in [-0.05, 0) is 54.9 Å². The van der Waals surface area contributed by atoms with Gasteiger partial charge in [0.05, 0.1) is 10.0 Å². The molecule has 1 heterocycles. The number of hydrogen-bond acceptors (Lipinski definition) is 3. The lowest BCUT2D eigenvalue weighted by molar-refractivity contribution is -0.124. The number of carbonyl (C=O) groups excluding carboxylic acids is 1. The Hall–Kier alpha value is -2.15. The average molecular weight is 493 g/mol. The maximum atomic E-state index is 13.9. The number of benzene rings is 2. The van der Waals surface area contributed by atoms with Crippen LogP contribution in [0.2, 0.25) is 10.0 Å². The van der Waals surface area contributed by atoms with Gasteiger partial charge in [-0.1, -0.05) is 60.7 Å². The van der Waals surface area contributed by atoms with Crippen molar-refractivity contribution >= 4 is 52.5 Å². The molecule has 0 bridgehead atoms. The third-order valence-electron chi connectivity index (χ3n) is 5.89. The zero-order valence-electron chi connectivity index (χ0n) is 17.6. The Morgan fingerprint density at radius 1 is 1.16 bits per heavy atom. The van der Waals surface area contributed by atoms with E-state index >= 15 is 0 Å². The van der Waals surface area contributed by atoms with Crippen molar-refractivity contribution in [3.63, 3.8) is 0 Å². The molecule has 168 valence electrons. The van der Waals surface area contributed by atoms with Gasteiger partial charge in [0.1, 0.15) is 18.1 Å². The standard InChI is InChI=1S/C24H23Cl2FN2O2S/c1-28-21(23(30)29(24(28)32)17-8-3-2-4-9-17)13-15-11-18(25)22(19(26)12-15)31-14-16-7-5-6-10-20(16)27/h5-7,10-13,17H,2-4,8-9,14H2,1H3/b21-13-. The van der Waals surface area contributed by atoms with E-state index in [-0.39, 0.29) is 40.2 Å². The lowest BCUT2D eigenvalue weighted by atomic mass is 9.94. The summed E-state index contributed by atoms with van der Waals surface area (Å²) in [7, 11) is 1.80. The van der Waals surface area contributed by atoms with Crippen LogP contribution in [0.5, 0.6) is 5.75 Å². The van der Waals surface area contributed by atoms with Crippen molar-refractivity contribution in [1.29, 1.82) is 0 Å². The van der Waals surface area contributed by atoms with Gasteiger partial charge in [-0.15, -0.1) is 0 Å². The van der Waals surface area contributed by atoms with Crippen LogP contribution in [0.15, 0.2) is 42.1 Å². The lowest BCUT2D eigenvalue weighted by Crippen LogP contribution is -2.41. The van der Waals surface area contributed by atoms with Crippen LogP contribution in [0.3, 0.4) is 0 Å².